The molecule has 2 aromatic rings. The number of carbonyl (C=O) groups excluding carboxylic acids is 2. The number of carbonyl (C=O) groups is 2. The molecule has 0 unspecified atom stereocenters. The number of fused-ring (bicyclic) bond motifs is 1. The predicted octanol–water partition coefficient (Wildman–Crippen LogP) is 3.61. The molecule has 0 aliphatic carbocycles. The molecule has 0 saturated heterocycles. The molecule has 1 heterocycles. The van der Waals surface area contributed by atoms with Gasteiger partial charge in [0.05, 0.1) is 11.7 Å². The standard InChI is InChI=1S/C25H40N4O3.ClH/c1-5-6-11-27-24(31)17(4)12-23(30)21(26)13-18(16(2)3)14-29-25(32)20-15-28-22-10-8-7-9-19(20)22;/h7-10,15-18,21,23,28,30H,5-6,11-14,26H2,1-4H3,(H,27,31)(H,29,32);1H/t17-,18+,21+,23+;/m1./s1. The molecule has 0 aliphatic heterocycles. The van der Waals surface area contributed by atoms with Crippen LogP contribution >= 0.6 is 12.4 Å². The highest BCUT2D eigenvalue weighted by Gasteiger charge is 2.26. The summed E-state index contributed by atoms with van der Waals surface area (Å²) in [6.45, 7) is 9.21. The Labute approximate surface area is 203 Å². The van der Waals surface area contributed by atoms with Crippen LogP contribution in [0, 0.1) is 17.8 Å². The van der Waals surface area contributed by atoms with Crippen LogP contribution in [0.5, 0.6) is 0 Å². The summed E-state index contributed by atoms with van der Waals surface area (Å²) in [5.74, 6) is -0.0727. The number of aromatic amines is 1. The van der Waals surface area contributed by atoms with Gasteiger partial charge in [0.25, 0.3) is 5.91 Å². The highest BCUT2D eigenvalue weighted by Crippen LogP contribution is 2.21. The molecule has 0 aliphatic rings. The summed E-state index contributed by atoms with van der Waals surface area (Å²) in [6, 6.07) is 7.24. The van der Waals surface area contributed by atoms with E-state index in [1.165, 1.54) is 0 Å². The van der Waals surface area contributed by atoms with E-state index in [9.17, 15) is 14.7 Å². The first-order valence-electron chi connectivity index (χ1n) is 11.8. The molecule has 33 heavy (non-hydrogen) atoms. The molecule has 2 amide bonds. The topological polar surface area (TPSA) is 120 Å². The molecule has 1 aromatic heterocycles. The third-order valence-corrected chi connectivity index (χ3v) is 6.24. The number of halogens is 1. The Hall–Kier alpha value is -2.09. The van der Waals surface area contributed by atoms with Gasteiger partial charge in [0.15, 0.2) is 0 Å². The van der Waals surface area contributed by atoms with Crippen LogP contribution in [0.2, 0.25) is 0 Å². The monoisotopic (exact) mass is 480 g/mol. The fourth-order valence-corrected chi connectivity index (χ4v) is 3.88. The van der Waals surface area contributed by atoms with Crippen molar-refractivity contribution in [3.63, 3.8) is 0 Å². The van der Waals surface area contributed by atoms with Crippen LogP contribution in [0.1, 0.15) is 63.7 Å². The van der Waals surface area contributed by atoms with Crippen LogP contribution in [0.25, 0.3) is 10.9 Å². The van der Waals surface area contributed by atoms with Crippen LogP contribution < -0.4 is 16.4 Å². The molecule has 4 atom stereocenters. The number of amides is 2. The SMILES string of the molecule is CCCCNC(=O)[C@H](C)C[C@H](O)[C@@H](N)C[C@@H](CNC(=O)c1c[nH]c2ccccc12)C(C)C.Cl. The molecule has 186 valence electrons. The van der Waals surface area contributed by atoms with Gasteiger partial charge in [0.1, 0.15) is 0 Å². The zero-order chi connectivity index (χ0) is 23.7. The number of nitrogens with two attached hydrogens (primary N) is 1. The van der Waals surface area contributed by atoms with Crippen LogP contribution in [-0.4, -0.2) is 47.1 Å². The first-order chi connectivity index (χ1) is 15.2. The molecule has 0 saturated carbocycles. The second kappa shape index (κ2) is 14.2. The van der Waals surface area contributed by atoms with Gasteiger partial charge in [-0.05, 0) is 37.2 Å². The third kappa shape index (κ3) is 8.65. The lowest BCUT2D eigenvalue weighted by molar-refractivity contribution is -0.125. The number of H-pyrrole nitrogens is 1. The molecule has 0 radical (unpaired) electrons. The third-order valence-electron chi connectivity index (χ3n) is 6.24. The molecular formula is C25H41ClN4O3. The number of rotatable bonds is 13. The lowest BCUT2D eigenvalue weighted by Gasteiger charge is -2.28. The van der Waals surface area contributed by atoms with Crippen molar-refractivity contribution in [2.45, 2.75) is 65.5 Å². The molecule has 0 fully saturated rings. The lowest BCUT2D eigenvalue weighted by Crippen LogP contribution is -2.42. The predicted molar refractivity (Wildman–Crippen MR) is 137 cm³/mol. The van der Waals surface area contributed by atoms with Gasteiger partial charge in [0.2, 0.25) is 5.91 Å². The maximum atomic E-state index is 12.7. The Kier molecular flexibility index (Phi) is 12.5. The number of para-hydroxylation sites is 1. The van der Waals surface area contributed by atoms with Gasteiger partial charge < -0.3 is 26.5 Å². The van der Waals surface area contributed by atoms with E-state index in [4.69, 9.17) is 5.73 Å². The lowest BCUT2D eigenvalue weighted by atomic mass is 9.86. The molecule has 6 N–H and O–H groups in total. The van der Waals surface area contributed by atoms with Gasteiger partial charge in [-0.3, -0.25) is 9.59 Å². The summed E-state index contributed by atoms with van der Waals surface area (Å²) >= 11 is 0. The second-order valence-corrected chi connectivity index (χ2v) is 9.21. The zero-order valence-electron chi connectivity index (χ0n) is 20.3. The highest BCUT2D eigenvalue weighted by molar-refractivity contribution is 6.06. The molecule has 0 spiro atoms. The first kappa shape index (κ1) is 28.9. The minimum absolute atomic E-state index is 0. The number of unbranched alkanes of at least 4 members (excludes halogenated alkanes) is 1. The number of aliphatic hydroxyl groups excluding tert-OH is 1. The van der Waals surface area contributed by atoms with E-state index in [2.05, 4.69) is 36.4 Å². The highest BCUT2D eigenvalue weighted by atomic mass is 35.5. The normalized spacial score (nSPS) is 14.9. The van der Waals surface area contributed by atoms with Gasteiger partial charge in [0, 0.05) is 42.1 Å². The van der Waals surface area contributed by atoms with Crippen LogP contribution in [-0.2, 0) is 4.79 Å². The molecule has 8 heteroatoms. The maximum Gasteiger partial charge on any atom is 0.253 e. The van der Waals surface area contributed by atoms with E-state index in [0.29, 0.717) is 31.5 Å². The zero-order valence-corrected chi connectivity index (χ0v) is 21.1. The second-order valence-electron chi connectivity index (χ2n) is 9.21. The van der Waals surface area contributed by atoms with E-state index in [0.717, 1.165) is 23.7 Å². The fourth-order valence-electron chi connectivity index (χ4n) is 3.88. The minimum Gasteiger partial charge on any atom is -0.391 e. The number of aromatic nitrogens is 1. The largest absolute Gasteiger partial charge is 0.391 e. The minimum atomic E-state index is -0.771. The molecule has 2 rings (SSSR count). The molecular weight excluding hydrogens is 440 g/mol. The van der Waals surface area contributed by atoms with Gasteiger partial charge in [-0.2, -0.15) is 0 Å². The summed E-state index contributed by atoms with van der Waals surface area (Å²) in [5, 5.41) is 17.4. The Morgan fingerprint density at radius 1 is 1.12 bits per heavy atom. The fraction of sp³-hybridized carbons (Fsp3) is 0.600. The average molecular weight is 481 g/mol. The van der Waals surface area contributed by atoms with Gasteiger partial charge in [-0.25, -0.2) is 0 Å². The molecule has 0 bridgehead atoms. The van der Waals surface area contributed by atoms with E-state index in [1.807, 2.05) is 31.2 Å². The maximum absolute atomic E-state index is 12.7. The number of aliphatic hydroxyl groups is 1. The average Bonchev–Trinajstić information content (AvgIpc) is 3.20. The molecule has 7 nitrogen and oxygen atoms in total. The van der Waals surface area contributed by atoms with Crippen LogP contribution in [0.4, 0.5) is 0 Å². The van der Waals surface area contributed by atoms with Crippen molar-refractivity contribution in [1.29, 1.82) is 0 Å². The summed E-state index contributed by atoms with van der Waals surface area (Å²) in [7, 11) is 0. The van der Waals surface area contributed by atoms with E-state index < -0.39 is 12.1 Å². The molecule has 1 aromatic carbocycles. The quantitative estimate of drug-likeness (QED) is 0.281. The smallest absolute Gasteiger partial charge is 0.253 e. The van der Waals surface area contributed by atoms with Gasteiger partial charge in [-0.15, -0.1) is 12.4 Å². The van der Waals surface area contributed by atoms with Crippen molar-refractivity contribution in [3.05, 3.63) is 36.0 Å². The van der Waals surface area contributed by atoms with Crippen molar-refractivity contribution < 1.29 is 14.7 Å². The number of hydrogen-bond acceptors (Lipinski definition) is 4. The van der Waals surface area contributed by atoms with Crippen molar-refractivity contribution >= 4 is 35.1 Å². The summed E-state index contributed by atoms with van der Waals surface area (Å²) in [5.41, 5.74) is 7.85. The summed E-state index contributed by atoms with van der Waals surface area (Å²) in [4.78, 5) is 28.0. The van der Waals surface area contributed by atoms with Crippen molar-refractivity contribution in [2.24, 2.45) is 23.5 Å². The Morgan fingerprint density at radius 3 is 2.48 bits per heavy atom. The van der Waals surface area contributed by atoms with Gasteiger partial charge in [-0.1, -0.05) is 52.3 Å². The Balaban J connectivity index is 0.00000544. The van der Waals surface area contributed by atoms with E-state index in [-0.39, 0.29) is 42.0 Å². The van der Waals surface area contributed by atoms with Gasteiger partial charge >= 0.3 is 0 Å². The Morgan fingerprint density at radius 2 is 1.82 bits per heavy atom. The summed E-state index contributed by atoms with van der Waals surface area (Å²) < 4.78 is 0. The Bertz CT molecular complexity index is 870. The van der Waals surface area contributed by atoms with Crippen LogP contribution in [0.3, 0.4) is 0 Å². The number of nitrogens with one attached hydrogen (secondary N) is 3. The number of benzene rings is 1. The van der Waals surface area contributed by atoms with Crippen molar-refractivity contribution in [2.75, 3.05) is 13.1 Å². The number of hydrogen-bond donors (Lipinski definition) is 5. The first-order valence-corrected chi connectivity index (χ1v) is 11.8. The van der Waals surface area contributed by atoms with Crippen molar-refractivity contribution in [1.82, 2.24) is 15.6 Å². The van der Waals surface area contributed by atoms with Crippen LogP contribution in [0.15, 0.2) is 30.5 Å². The van der Waals surface area contributed by atoms with Crippen molar-refractivity contribution in [3.8, 4) is 0 Å². The summed E-state index contributed by atoms with van der Waals surface area (Å²) in [6.07, 6.45) is 3.82. The van der Waals surface area contributed by atoms with E-state index in [1.54, 1.807) is 6.20 Å². The van der Waals surface area contributed by atoms with E-state index >= 15 is 0 Å².